The summed E-state index contributed by atoms with van der Waals surface area (Å²) in [6.07, 6.45) is 0.804. The van der Waals surface area contributed by atoms with Gasteiger partial charge >= 0.3 is 0 Å². The summed E-state index contributed by atoms with van der Waals surface area (Å²) < 4.78 is 24.3. The summed E-state index contributed by atoms with van der Waals surface area (Å²) >= 11 is 0. The summed E-state index contributed by atoms with van der Waals surface area (Å²) in [6.45, 7) is 4.12. The average molecular weight is 603 g/mol. The third kappa shape index (κ3) is 11.6. The number of hydrogen-bond donors (Lipinski definition) is 5. The molecule has 0 radical (unpaired) electrons. The number of aromatic nitrogens is 3. The van der Waals surface area contributed by atoms with Crippen molar-refractivity contribution in [1.29, 1.82) is 0 Å². The van der Waals surface area contributed by atoms with E-state index in [-0.39, 0.29) is 11.7 Å². The molecule has 11 nitrogen and oxygen atoms in total. The molecule has 232 valence electrons. The van der Waals surface area contributed by atoms with Gasteiger partial charge in [0, 0.05) is 38.3 Å². The van der Waals surface area contributed by atoms with Crippen molar-refractivity contribution in [3.8, 4) is 0 Å². The molecule has 0 bridgehead atoms. The highest BCUT2D eigenvalue weighted by Gasteiger charge is 2.09. The van der Waals surface area contributed by atoms with E-state index in [2.05, 4.69) is 48.4 Å². The molecule has 0 fully saturated rings. The van der Waals surface area contributed by atoms with Crippen LogP contribution in [0.15, 0.2) is 78.9 Å². The zero-order chi connectivity index (χ0) is 30.8. The van der Waals surface area contributed by atoms with Crippen LogP contribution in [0, 0.1) is 5.82 Å². The van der Waals surface area contributed by atoms with Gasteiger partial charge in [0.15, 0.2) is 0 Å². The van der Waals surface area contributed by atoms with Crippen LogP contribution in [0.4, 0.5) is 22.2 Å². The molecule has 4 aromatic rings. The lowest BCUT2D eigenvalue weighted by Crippen LogP contribution is -2.27. The predicted molar refractivity (Wildman–Crippen MR) is 169 cm³/mol. The maximum atomic E-state index is 13.6. The van der Waals surface area contributed by atoms with E-state index in [9.17, 15) is 9.18 Å². The molecule has 1 heterocycles. The van der Waals surface area contributed by atoms with Gasteiger partial charge in [0.2, 0.25) is 17.8 Å². The maximum Gasteiger partial charge on any atom is 0.251 e. The topological polar surface area (TPSA) is 148 Å². The number of nitrogens with two attached hydrogens (primary N) is 1. The number of hydrogen-bond acceptors (Lipinski definition) is 10. The van der Waals surface area contributed by atoms with E-state index in [1.807, 2.05) is 36.4 Å². The molecule has 0 saturated heterocycles. The lowest BCUT2D eigenvalue weighted by atomic mass is 10.1. The van der Waals surface area contributed by atoms with Crippen LogP contribution in [-0.2, 0) is 29.0 Å². The van der Waals surface area contributed by atoms with E-state index in [1.165, 1.54) is 17.7 Å². The van der Waals surface area contributed by atoms with E-state index in [1.54, 1.807) is 18.2 Å². The highest BCUT2D eigenvalue weighted by molar-refractivity contribution is 5.94. The van der Waals surface area contributed by atoms with Crippen LogP contribution in [0.5, 0.6) is 0 Å². The molecule has 0 spiro atoms. The maximum absolute atomic E-state index is 13.6. The molecule has 0 aliphatic heterocycles. The van der Waals surface area contributed by atoms with Gasteiger partial charge in [-0.2, -0.15) is 15.0 Å². The van der Waals surface area contributed by atoms with Crippen molar-refractivity contribution in [2.75, 3.05) is 62.0 Å². The van der Waals surface area contributed by atoms with Gasteiger partial charge in [-0.1, -0.05) is 54.6 Å². The van der Waals surface area contributed by atoms with Crippen molar-refractivity contribution >= 4 is 23.8 Å². The number of nitrogens with zero attached hydrogens (tertiary/aromatic N) is 3. The highest BCUT2D eigenvalue weighted by atomic mass is 19.1. The average Bonchev–Trinajstić information content (AvgIpc) is 3.05. The van der Waals surface area contributed by atoms with E-state index in [0.717, 1.165) is 17.5 Å². The monoisotopic (exact) mass is 602 g/mol. The van der Waals surface area contributed by atoms with Crippen molar-refractivity contribution in [3.63, 3.8) is 0 Å². The first kappa shape index (κ1) is 32.3. The van der Waals surface area contributed by atoms with Crippen molar-refractivity contribution in [2.45, 2.75) is 19.5 Å². The lowest BCUT2D eigenvalue weighted by Gasteiger charge is -2.12. The first-order chi connectivity index (χ1) is 21.6. The van der Waals surface area contributed by atoms with Crippen LogP contribution >= 0.6 is 0 Å². The number of anilines is 3. The summed E-state index contributed by atoms with van der Waals surface area (Å²) in [4.78, 5) is 26.0. The van der Waals surface area contributed by atoms with Crippen LogP contribution in [0.3, 0.4) is 0 Å². The Bertz CT molecular complexity index is 1430. The summed E-state index contributed by atoms with van der Waals surface area (Å²) in [5, 5.41) is 12.5. The van der Waals surface area contributed by atoms with Gasteiger partial charge in [0.1, 0.15) is 5.82 Å². The van der Waals surface area contributed by atoms with Gasteiger partial charge in [-0.3, -0.25) is 4.79 Å². The van der Waals surface area contributed by atoms with E-state index >= 15 is 0 Å². The van der Waals surface area contributed by atoms with Crippen molar-refractivity contribution in [1.82, 2.24) is 20.3 Å². The van der Waals surface area contributed by atoms with E-state index in [4.69, 9.17) is 15.2 Å². The van der Waals surface area contributed by atoms with Crippen molar-refractivity contribution < 1.29 is 18.7 Å². The van der Waals surface area contributed by atoms with Gasteiger partial charge in [0.05, 0.1) is 26.4 Å². The smallest absolute Gasteiger partial charge is 0.251 e. The highest BCUT2D eigenvalue weighted by Crippen LogP contribution is 2.14. The van der Waals surface area contributed by atoms with E-state index in [0.29, 0.717) is 82.6 Å². The Morgan fingerprint density at radius 2 is 1.32 bits per heavy atom. The molecule has 44 heavy (non-hydrogen) atoms. The van der Waals surface area contributed by atoms with Crippen molar-refractivity contribution in [3.05, 3.63) is 107 Å². The summed E-state index contributed by atoms with van der Waals surface area (Å²) in [5.41, 5.74) is 8.82. The second-order valence-corrected chi connectivity index (χ2v) is 9.77. The fraction of sp³-hybridized carbons (Fsp3) is 0.312. The summed E-state index contributed by atoms with van der Waals surface area (Å²) in [7, 11) is 0. The SMILES string of the molecule is NCCOCCOCCNC(=O)c1ccc(CNc2nc(NCCc3ccccc3)nc(NCc3cccc(F)c3)n2)cc1. The zero-order valence-corrected chi connectivity index (χ0v) is 24.6. The normalized spacial score (nSPS) is 10.8. The third-order valence-corrected chi connectivity index (χ3v) is 6.35. The Labute approximate surface area is 256 Å². The van der Waals surface area contributed by atoms with Crippen molar-refractivity contribution in [2.24, 2.45) is 5.73 Å². The first-order valence-corrected chi connectivity index (χ1v) is 14.6. The third-order valence-electron chi connectivity index (χ3n) is 6.35. The fourth-order valence-electron chi connectivity index (χ4n) is 4.10. The zero-order valence-electron chi connectivity index (χ0n) is 24.6. The first-order valence-electron chi connectivity index (χ1n) is 14.6. The van der Waals surface area contributed by atoms with E-state index < -0.39 is 0 Å². The number of carbonyl (C=O) groups is 1. The molecule has 1 aromatic heterocycles. The molecule has 3 aromatic carbocycles. The summed E-state index contributed by atoms with van der Waals surface area (Å²) in [6, 6.07) is 23.8. The second kappa shape index (κ2) is 18.1. The lowest BCUT2D eigenvalue weighted by molar-refractivity contribution is 0.0511. The molecule has 0 unspecified atom stereocenters. The summed E-state index contributed by atoms with van der Waals surface area (Å²) in [5.74, 6) is 0.667. The Morgan fingerprint density at radius 3 is 2.00 bits per heavy atom. The number of rotatable bonds is 19. The van der Waals surface area contributed by atoms with Gasteiger partial charge in [-0.25, -0.2) is 4.39 Å². The molecule has 4 rings (SSSR count). The van der Waals surface area contributed by atoms with Crippen LogP contribution in [0.1, 0.15) is 27.0 Å². The number of benzene rings is 3. The van der Waals surface area contributed by atoms with Crippen LogP contribution in [0.2, 0.25) is 0 Å². The molecule has 12 heteroatoms. The minimum absolute atomic E-state index is 0.176. The van der Waals surface area contributed by atoms with Gasteiger partial charge in [-0.15, -0.1) is 0 Å². The minimum Gasteiger partial charge on any atom is -0.378 e. The molecule has 1 amide bonds. The van der Waals surface area contributed by atoms with Gasteiger partial charge in [0.25, 0.3) is 5.91 Å². The van der Waals surface area contributed by atoms with Crippen LogP contribution in [0.25, 0.3) is 0 Å². The number of halogens is 1. The number of ether oxygens (including phenoxy) is 2. The molecule has 0 aliphatic rings. The number of nitrogens with one attached hydrogen (secondary N) is 4. The Kier molecular flexibility index (Phi) is 13.3. The molecule has 0 atom stereocenters. The minimum atomic E-state index is -0.302. The number of amides is 1. The van der Waals surface area contributed by atoms with Gasteiger partial charge < -0.3 is 36.5 Å². The fourth-order valence-corrected chi connectivity index (χ4v) is 4.10. The number of carbonyl (C=O) groups excluding carboxylic acids is 1. The molecule has 0 saturated carbocycles. The van der Waals surface area contributed by atoms with Gasteiger partial charge in [-0.05, 0) is 47.4 Å². The second-order valence-electron chi connectivity index (χ2n) is 9.77. The largest absolute Gasteiger partial charge is 0.378 e. The Morgan fingerprint density at radius 1 is 0.682 bits per heavy atom. The Hall–Kier alpha value is -4.65. The standard InChI is InChI=1S/C32H39FN8O3/c33-28-8-4-7-26(21-28)23-38-32-40-30(36-15-13-24-5-2-1-3-6-24)39-31(41-32)37-22-25-9-11-27(12-10-25)29(42)35-16-18-44-20-19-43-17-14-34/h1-12,21H,13-20,22-23,34H2,(H,35,42)(H3,36,37,38,39,40,41). The molecular formula is C32H39FN8O3. The van der Waals surface area contributed by atoms with Crippen LogP contribution < -0.4 is 27.0 Å². The molecule has 6 N–H and O–H groups in total. The molecular weight excluding hydrogens is 563 g/mol. The molecule has 0 aliphatic carbocycles. The quantitative estimate of drug-likeness (QED) is 0.101. The predicted octanol–water partition coefficient (Wildman–Crippen LogP) is 3.61. The van der Waals surface area contributed by atoms with Crippen LogP contribution in [-0.4, -0.2) is 66.9 Å². The Balaban J connectivity index is 1.30.